The molecule has 0 spiro atoms. The van der Waals surface area contributed by atoms with Crippen LogP contribution in [0.5, 0.6) is 11.6 Å². The Morgan fingerprint density at radius 1 is 1.04 bits per heavy atom. The zero-order valence-corrected chi connectivity index (χ0v) is 14.8. The fourth-order valence-corrected chi connectivity index (χ4v) is 2.69. The Kier molecular flexibility index (Phi) is 5.27. The topological polar surface area (TPSA) is 72.3 Å². The summed E-state index contributed by atoms with van der Waals surface area (Å²) in [6, 6.07) is 16.1. The molecule has 26 heavy (non-hydrogen) atoms. The maximum Gasteiger partial charge on any atom is 0.335 e. The van der Waals surface area contributed by atoms with Gasteiger partial charge < -0.3 is 9.84 Å². The first-order valence-corrected chi connectivity index (χ1v) is 8.52. The summed E-state index contributed by atoms with van der Waals surface area (Å²) in [6.45, 7) is 4.05. The highest BCUT2D eigenvalue weighted by atomic mass is 16.5. The van der Waals surface area contributed by atoms with Crippen molar-refractivity contribution in [3.8, 4) is 23.0 Å². The van der Waals surface area contributed by atoms with Gasteiger partial charge in [0.1, 0.15) is 5.75 Å². The standard InChI is InChI=1S/C21H20N2O3/c1-3-7-18-14(2)22-19(15-8-5-4-6-9-15)23-20(18)26-17-12-10-16(11-13-17)21(24)25/h4-6,8-13H,3,7H2,1-2H3,(H,24,25). The van der Waals surface area contributed by atoms with Gasteiger partial charge in [-0.1, -0.05) is 43.7 Å². The molecule has 0 atom stereocenters. The van der Waals surface area contributed by atoms with Gasteiger partial charge in [-0.3, -0.25) is 0 Å². The van der Waals surface area contributed by atoms with Crippen molar-refractivity contribution in [3.63, 3.8) is 0 Å². The highest BCUT2D eigenvalue weighted by molar-refractivity contribution is 5.87. The van der Waals surface area contributed by atoms with Gasteiger partial charge in [-0.2, -0.15) is 4.98 Å². The molecule has 3 aromatic rings. The zero-order valence-electron chi connectivity index (χ0n) is 14.8. The van der Waals surface area contributed by atoms with Gasteiger partial charge in [0.05, 0.1) is 5.56 Å². The summed E-state index contributed by atoms with van der Waals surface area (Å²) < 4.78 is 6.00. The van der Waals surface area contributed by atoms with E-state index in [2.05, 4.69) is 16.9 Å². The summed E-state index contributed by atoms with van der Waals surface area (Å²) >= 11 is 0. The fourth-order valence-electron chi connectivity index (χ4n) is 2.69. The van der Waals surface area contributed by atoms with Crippen molar-refractivity contribution in [2.24, 2.45) is 0 Å². The van der Waals surface area contributed by atoms with E-state index in [4.69, 9.17) is 9.84 Å². The van der Waals surface area contributed by atoms with Crippen molar-refractivity contribution < 1.29 is 14.6 Å². The lowest BCUT2D eigenvalue weighted by Gasteiger charge is -2.14. The first kappa shape index (κ1) is 17.6. The Morgan fingerprint density at radius 3 is 2.35 bits per heavy atom. The molecule has 0 fully saturated rings. The van der Waals surface area contributed by atoms with E-state index >= 15 is 0 Å². The molecule has 2 aromatic carbocycles. The number of carboxylic acids is 1. The van der Waals surface area contributed by atoms with Crippen LogP contribution in [0.3, 0.4) is 0 Å². The summed E-state index contributed by atoms with van der Waals surface area (Å²) in [5.74, 6) is 0.707. The highest BCUT2D eigenvalue weighted by Crippen LogP contribution is 2.29. The number of carbonyl (C=O) groups is 1. The van der Waals surface area contributed by atoms with Gasteiger partial charge in [-0.05, 0) is 37.6 Å². The number of hydrogen-bond donors (Lipinski definition) is 1. The van der Waals surface area contributed by atoms with E-state index in [1.807, 2.05) is 37.3 Å². The first-order valence-electron chi connectivity index (χ1n) is 8.52. The van der Waals surface area contributed by atoms with E-state index in [0.29, 0.717) is 17.5 Å². The van der Waals surface area contributed by atoms with Crippen LogP contribution in [0.25, 0.3) is 11.4 Å². The largest absolute Gasteiger partial charge is 0.478 e. The van der Waals surface area contributed by atoms with Crippen molar-refractivity contribution in [1.82, 2.24) is 9.97 Å². The lowest BCUT2D eigenvalue weighted by Crippen LogP contribution is -2.03. The SMILES string of the molecule is CCCc1c(C)nc(-c2ccccc2)nc1Oc1ccc(C(=O)O)cc1. The van der Waals surface area contributed by atoms with Crippen molar-refractivity contribution in [1.29, 1.82) is 0 Å². The zero-order chi connectivity index (χ0) is 18.5. The highest BCUT2D eigenvalue weighted by Gasteiger charge is 2.15. The van der Waals surface area contributed by atoms with Gasteiger partial charge >= 0.3 is 5.97 Å². The van der Waals surface area contributed by atoms with Crippen LogP contribution < -0.4 is 4.74 Å². The van der Waals surface area contributed by atoms with Crippen molar-refractivity contribution in [3.05, 3.63) is 71.4 Å². The summed E-state index contributed by atoms with van der Waals surface area (Å²) in [4.78, 5) is 20.3. The molecule has 0 unspecified atom stereocenters. The molecular formula is C21H20N2O3. The van der Waals surface area contributed by atoms with E-state index in [0.717, 1.165) is 29.7 Å². The van der Waals surface area contributed by atoms with E-state index in [1.54, 1.807) is 12.1 Å². The second-order valence-electron chi connectivity index (χ2n) is 5.96. The second kappa shape index (κ2) is 7.78. The summed E-state index contributed by atoms with van der Waals surface area (Å²) in [6.07, 6.45) is 1.76. The molecule has 5 heteroatoms. The minimum atomic E-state index is -0.965. The van der Waals surface area contributed by atoms with E-state index < -0.39 is 5.97 Å². The number of ether oxygens (including phenoxy) is 1. The molecule has 1 heterocycles. The maximum absolute atomic E-state index is 11.0. The van der Waals surface area contributed by atoms with Gasteiger partial charge in [0.15, 0.2) is 5.82 Å². The van der Waals surface area contributed by atoms with Crippen molar-refractivity contribution in [2.45, 2.75) is 26.7 Å². The van der Waals surface area contributed by atoms with Crippen LogP contribution in [0, 0.1) is 6.92 Å². The van der Waals surface area contributed by atoms with E-state index in [9.17, 15) is 4.79 Å². The van der Waals surface area contributed by atoms with Crippen LogP contribution in [-0.2, 0) is 6.42 Å². The third-order valence-corrected chi connectivity index (χ3v) is 4.02. The smallest absolute Gasteiger partial charge is 0.335 e. The quantitative estimate of drug-likeness (QED) is 0.686. The van der Waals surface area contributed by atoms with E-state index in [-0.39, 0.29) is 5.56 Å². The maximum atomic E-state index is 11.0. The lowest BCUT2D eigenvalue weighted by atomic mass is 10.1. The average molecular weight is 348 g/mol. The normalized spacial score (nSPS) is 10.5. The number of aryl methyl sites for hydroxylation is 1. The molecule has 3 rings (SSSR count). The predicted molar refractivity (Wildman–Crippen MR) is 99.7 cm³/mol. The third kappa shape index (κ3) is 3.88. The lowest BCUT2D eigenvalue weighted by molar-refractivity contribution is 0.0697. The summed E-state index contributed by atoms with van der Waals surface area (Å²) in [5, 5.41) is 9.02. The first-order chi connectivity index (χ1) is 12.6. The Labute approximate surface area is 152 Å². The van der Waals surface area contributed by atoms with Gasteiger partial charge in [0.25, 0.3) is 0 Å². The van der Waals surface area contributed by atoms with Gasteiger partial charge in [-0.25, -0.2) is 9.78 Å². The number of benzene rings is 2. The number of aromatic nitrogens is 2. The molecule has 0 amide bonds. The van der Waals surface area contributed by atoms with Crippen LogP contribution in [0.2, 0.25) is 0 Å². The minimum absolute atomic E-state index is 0.218. The van der Waals surface area contributed by atoms with Gasteiger partial charge in [0, 0.05) is 16.8 Å². The Balaban J connectivity index is 2.00. The molecule has 132 valence electrons. The molecule has 0 aliphatic carbocycles. The van der Waals surface area contributed by atoms with Crippen LogP contribution >= 0.6 is 0 Å². The van der Waals surface area contributed by atoms with Crippen LogP contribution in [0.4, 0.5) is 0 Å². The fraction of sp³-hybridized carbons (Fsp3) is 0.190. The van der Waals surface area contributed by atoms with E-state index in [1.165, 1.54) is 12.1 Å². The molecule has 0 radical (unpaired) electrons. The molecule has 5 nitrogen and oxygen atoms in total. The van der Waals surface area contributed by atoms with Crippen LogP contribution in [0.1, 0.15) is 35.0 Å². The number of rotatable bonds is 6. The predicted octanol–water partition coefficient (Wildman–Crippen LogP) is 4.90. The number of nitrogens with zero attached hydrogens (tertiary/aromatic N) is 2. The molecule has 0 aliphatic rings. The molecule has 0 saturated carbocycles. The molecular weight excluding hydrogens is 328 g/mol. The van der Waals surface area contributed by atoms with Crippen LogP contribution in [0.15, 0.2) is 54.6 Å². The molecule has 1 aromatic heterocycles. The number of aromatic carboxylic acids is 1. The Hall–Kier alpha value is -3.21. The molecule has 0 bridgehead atoms. The summed E-state index contributed by atoms with van der Waals surface area (Å²) in [7, 11) is 0. The van der Waals surface area contributed by atoms with Crippen molar-refractivity contribution in [2.75, 3.05) is 0 Å². The Morgan fingerprint density at radius 2 is 1.73 bits per heavy atom. The minimum Gasteiger partial charge on any atom is -0.478 e. The van der Waals surface area contributed by atoms with Crippen LogP contribution in [-0.4, -0.2) is 21.0 Å². The number of carboxylic acid groups (broad SMARTS) is 1. The molecule has 1 N–H and O–H groups in total. The van der Waals surface area contributed by atoms with Gasteiger partial charge in [0.2, 0.25) is 5.88 Å². The third-order valence-electron chi connectivity index (χ3n) is 4.02. The Bertz CT molecular complexity index is 907. The second-order valence-corrected chi connectivity index (χ2v) is 5.96. The monoisotopic (exact) mass is 348 g/mol. The summed E-state index contributed by atoms with van der Waals surface area (Å²) in [5.41, 5.74) is 2.99. The molecule has 0 saturated heterocycles. The average Bonchev–Trinajstić information content (AvgIpc) is 2.65. The molecule has 0 aliphatic heterocycles. The van der Waals surface area contributed by atoms with Gasteiger partial charge in [-0.15, -0.1) is 0 Å². The number of hydrogen-bond acceptors (Lipinski definition) is 4. The van der Waals surface area contributed by atoms with Crippen molar-refractivity contribution >= 4 is 5.97 Å².